The third-order valence-electron chi connectivity index (χ3n) is 4.68. The molecule has 0 spiro atoms. The number of carbonyl (C=O) groups is 1. The molecule has 4 rings (SSSR count). The van der Waals surface area contributed by atoms with Crippen LogP contribution in [0.25, 0.3) is 16.9 Å². The fourth-order valence-corrected chi connectivity index (χ4v) is 3.34. The molecule has 0 unspecified atom stereocenters. The van der Waals surface area contributed by atoms with Crippen LogP contribution in [0.1, 0.15) is 27.0 Å². The summed E-state index contributed by atoms with van der Waals surface area (Å²) in [7, 11) is 0. The van der Waals surface area contributed by atoms with Crippen LogP contribution in [0.3, 0.4) is 0 Å². The standard InChI is InChI=1S/C21H14F4N4O/c22-17-13(9-12-5-2-1-3-6-12)14(19(26)30)10-15(21(23,24)25)18(17)29-11-28-16-7-4-8-27-20(16)29/h1-8,10-11H,9H2,(H2,26,30). The predicted octanol–water partition coefficient (Wildman–Crippen LogP) is 4.27. The Kier molecular flexibility index (Phi) is 4.73. The molecule has 0 aliphatic heterocycles. The van der Waals surface area contributed by atoms with E-state index in [1.54, 1.807) is 42.5 Å². The molecular formula is C21H14F4N4O. The molecule has 2 heterocycles. The van der Waals surface area contributed by atoms with Crippen molar-refractivity contribution in [2.24, 2.45) is 5.73 Å². The number of nitrogens with two attached hydrogens (primary N) is 1. The quantitative estimate of drug-likeness (QED) is 0.507. The normalized spacial score (nSPS) is 11.7. The zero-order valence-electron chi connectivity index (χ0n) is 15.3. The molecular weight excluding hydrogens is 400 g/mol. The average molecular weight is 414 g/mol. The van der Waals surface area contributed by atoms with Crippen LogP contribution in [0.5, 0.6) is 0 Å². The van der Waals surface area contributed by atoms with Crippen molar-refractivity contribution in [2.45, 2.75) is 12.6 Å². The Labute approximate surface area is 167 Å². The van der Waals surface area contributed by atoms with Gasteiger partial charge >= 0.3 is 6.18 Å². The van der Waals surface area contributed by atoms with E-state index < -0.39 is 34.7 Å². The number of alkyl halides is 3. The van der Waals surface area contributed by atoms with Crippen molar-refractivity contribution in [3.8, 4) is 5.69 Å². The van der Waals surface area contributed by atoms with E-state index in [1.807, 2.05) is 0 Å². The number of nitrogens with zero attached hydrogens (tertiary/aromatic N) is 3. The van der Waals surface area contributed by atoms with E-state index >= 15 is 4.39 Å². The van der Waals surface area contributed by atoms with Gasteiger partial charge in [-0.3, -0.25) is 9.36 Å². The third-order valence-corrected chi connectivity index (χ3v) is 4.68. The zero-order chi connectivity index (χ0) is 21.5. The summed E-state index contributed by atoms with van der Waals surface area (Å²) in [5.41, 5.74) is 3.40. The number of hydrogen-bond donors (Lipinski definition) is 1. The Morgan fingerprint density at radius 3 is 2.47 bits per heavy atom. The SMILES string of the molecule is NC(=O)c1cc(C(F)(F)F)c(-n2cnc3cccnc32)c(F)c1Cc1ccccc1. The average Bonchev–Trinajstić information content (AvgIpc) is 3.13. The van der Waals surface area contributed by atoms with Gasteiger partial charge in [-0.2, -0.15) is 13.2 Å². The Morgan fingerprint density at radius 1 is 1.07 bits per heavy atom. The molecule has 2 aromatic carbocycles. The summed E-state index contributed by atoms with van der Waals surface area (Å²) >= 11 is 0. The van der Waals surface area contributed by atoms with Gasteiger partial charge in [-0.1, -0.05) is 30.3 Å². The Bertz CT molecular complexity index is 1250. The second-order valence-electron chi connectivity index (χ2n) is 6.60. The number of rotatable bonds is 4. The molecule has 2 N–H and O–H groups in total. The predicted molar refractivity (Wildman–Crippen MR) is 102 cm³/mol. The number of benzene rings is 2. The highest BCUT2D eigenvalue weighted by molar-refractivity contribution is 5.95. The maximum absolute atomic E-state index is 15.7. The highest BCUT2D eigenvalue weighted by atomic mass is 19.4. The Morgan fingerprint density at radius 2 is 1.80 bits per heavy atom. The van der Waals surface area contributed by atoms with Crippen LogP contribution in [-0.4, -0.2) is 20.4 Å². The van der Waals surface area contributed by atoms with Crippen LogP contribution in [0.4, 0.5) is 17.6 Å². The lowest BCUT2D eigenvalue weighted by Crippen LogP contribution is -2.21. The second kappa shape index (κ2) is 7.25. The van der Waals surface area contributed by atoms with Crippen molar-refractivity contribution < 1.29 is 22.4 Å². The number of halogens is 4. The number of aromatic nitrogens is 3. The van der Waals surface area contributed by atoms with Gasteiger partial charge in [-0.25, -0.2) is 14.4 Å². The molecule has 30 heavy (non-hydrogen) atoms. The van der Waals surface area contributed by atoms with Gasteiger partial charge in [0.25, 0.3) is 0 Å². The molecule has 0 atom stereocenters. The van der Waals surface area contributed by atoms with Gasteiger partial charge in [-0.15, -0.1) is 0 Å². The molecule has 0 bridgehead atoms. The fourth-order valence-electron chi connectivity index (χ4n) is 3.34. The van der Waals surface area contributed by atoms with Crippen LogP contribution in [-0.2, 0) is 12.6 Å². The maximum Gasteiger partial charge on any atom is 0.418 e. The molecule has 0 fully saturated rings. The molecule has 0 saturated heterocycles. The Balaban J connectivity index is 2.05. The number of hydrogen-bond acceptors (Lipinski definition) is 3. The van der Waals surface area contributed by atoms with Crippen molar-refractivity contribution in [3.63, 3.8) is 0 Å². The van der Waals surface area contributed by atoms with Crippen LogP contribution < -0.4 is 5.73 Å². The number of pyridine rings is 1. The van der Waals surface area contributed by atoms with E-state index in [4.69, 9.17) is 5.73 Å². The van der Waals surface area contributed by atoms with Crippen molar-refractivity contribution in [1.82, 2.24) is 14.5 Å². The van der Waals surface area contributed by atoms with Gasteiger partial charge in [-0.05, 0) is 23.8 Å². The minimum Gasteiger partial charge on any atom is -0.366 e. The monoisotopic (exact) mass is 414 g/mol. The van der Waals surface area contributed by atoms with Crippen molar-refractivity contribution in [3.05, 3.63) is 89.1 Å². The van der Waals surface area contributed by atoms with E-state index in [0.717, 1.165) is 10.9 Å². The molecule has 4 aromatic rings. The minimum absolute atomic E-state index is 0.0550. The van der Waals surface area contributed by atoms with Crippen molar-refractivity contribution in [2.75, 3.05) is 0 Å². The van der Waals surface area contributed by atoms with Gasteiger partial charge in [0.1, 0.15) is 11.8 Å². The highest BCUT2D eigenvalue weighted by Crippen LogP contribution is 2.39. The number of fused-ring (bicyclic) bond motifs is 1. The van der Waals surface area contributed by atoms with E-state index in [1.165, 1.54) is 6.20 Å². The minimum atomic E-state index is -4.95. The lowest BCUT2D eigenvalue weighted by atomic mass is 9.94. The summed E-state index contributed by atoms with van der Waals surface area (Å²) in [5.74, 6) is -2.35. The molecule has 0 aliphatic rings. The van der Waals surface area contributed by atoms with Gasteiger partial charge in [0, 0.05) is 23.7 Å². The van der Waals surface area contributed by atoms with Crippen LogP contribution in [0.2, 0.25) is 0 Å². The van der Waals surface area contributed by atoms with Crippen LogP contribution >= 0.6 is 0 Å². The largest absolute Gasteiger partial charge is 0.418 e. The van der Waals surface area contributed by atoms with Crippen LogP contribution in [0, 0.1) is 5.82 Å². The summed E-state index contributed by atoms with van der Waals surface area (Å²) in [4.78, 5) is 19.9. The summed E-state index contributed by atoms with van der Waals surface area (Å²) in [6.07, 6.45) is -2.62. The van der Waals surface area contributed by atoms with Gasteiger partial charge in [0.15, 0.2) is 11.5 Å². The summed E-state index contributed by atoms with van der Waals surface area (Å²) < 4.78 is 58.2. The molecule has 9 heteroatoms. The van der Waals surface area contributed by atoms with Gasteiger partial charge in [0.05, 0.1) is 11.3 Å². The first kappa shape index (κ1) is 19.6. The van der Waals surface area contributed by atoms with E-state index in [9.17, 15) is 18.0 Å². The maximum atomic E-state index is 15.7. The van der Waals surface area contributed by atoms with Gasteiger partial charge < -0.3 is 5.73 Å². The summed E-state index contributed by atoms with van der Waals surface area (Å²) in [5, 5.41) is 0. The molecule has 0 aliphatic carbocycles. The van der Waals surface area contributed by atoms with E-state index in [-0.39, 0.29) is 17.6 Å². The fraction of sp³-hybridized carbons (Fsp3) is 0.0952. The van der Waals surface area contributed by atoms with Crippen molar-refractivity contribution >= 4 is 17.1 Å². The number of carbonyl (C=O) groups excluding carboxylic acids is 1. The first-order chi connectivity index (χ1) is 14.3. The molecule has 0 saturated carbocycles. The summed E-state index contributed by atoms with van der Waals surface area (Å²) in [6.45, 7) is 0. The topological polar surface area (TPSA) is 73.8 Å². The summed E-state index contributed by atoms with van der Waals surface area (Å²) in [6, 6.07) is 12.2. The molecule has 0 radical (unpaired) electrons. The molecule has 2 aromatic heterocycles. The first-order valence-electron chi connectivity index (χ1n) is 8.82. The lowest BCUT2D eigenvalue weighted by Gasteiger charge is -2.19. The van der Waals surface area contributed by atoms with E-state index in [0.29, 0.717) is 17.1 Å². The molecule has 152 valence electrons. The number of amides is 1. The van der Waals surface area contributed by atoms with Crippen molar-refractivity contribution in [1.29, 1.82) is 0 Å². The van der Waals surface area contributed by atoms with Crippen LogP contribution in [0.15, 0.2) is 61.1 Å². The number of imidazole rings is 1. The lowest BCUT2D eigenvalue weighted by molar-refractivity contribution is -0.137. The van der Waals surface area contributed by atoms with Gasteiger partial charge in [0.2, 0.25) is 5.91 Å². The Hall–Kier alpha value is -3.75. The number of primary amides is 1. The zero-order valence-corrected chi connectivity index (χ0v) is 15.3. The highest BCUT2D eigenvalue weighted by Gasteiger charge is 2.38. The second-order valence-corrected chi connectivity index (χ2v) is 6.60. The molecule has 1 amide bonds. The molecule has 5 nitrogen and oxygen atoms in total. The van der Waals surface area contributed by atoms with E-state index in [2.05, 4.69) is 9.97 Å². The first-order valence-corrected chi connectivity index (χ1v) is 8.82. The smallest absolute Gasteiger partial charge is 0.366 e. The third kappa shape index (κ3) is 3.38.